The molecular weight excluding hydrogens is 1670 g/mol. The van der Waals surface area contributed by atoms with Crippen LogP contribution in [0.25, 0.3) is 0 Å². The normalized spacial score (nSPS) is 11.3. The summed E-state index contributed by atoms with van der Waals surface area (Å²) in [6, 6.07) is 14.3. The second kappa shape index (κ2) is 42.5. The lowest BCUT2D eigenvalue weighted by atomic mass is 10.0. The molecule has 684 valence electrons. The highest BCUT2D eigenvalue weighted by Gasteiger charge is 2.27. The van der Waals surface area contributed by atoms with Crippen molar-refractivity contribution < 1.29 is 81.6 Å². The van der Waals surface area contributed by atoms with Crippen LogP contribution in [0.5, 0.6) is 0 Å². The lowest BCUT2D eigenvalue weighted by Crippen LogP contribution is -3.05. The minimum atomic E-state index is -0.665. The molecule has 130 heavy (non-hydrogen) atoms. The molecule has 0 atom stereocenters. The Kier molecular flexibility index (Phi) is 31.3. The summed E-state index contributed by atoms with van der Waals surface area (Å²) in [5.74, 6) is -4.97. The number of unbranched alkanes of at least 4 members (excludes halogenated alkanes) is 1. The predicted octanol–water partition coefficient (Wildman–Crippen LogP) is 6.93. The number of aryl methyl sites for hydroxylation is 11. The molecule has 0 fully saturated rings. The van der Waals surface area contributed by atoms with E-state index in [1.807, 2.05) is 0 Å². The van der Waals surface area contributed by atoms with Crippen LogP contribution in [0.4, 0.5) is 34.4 Å². The van der Waals surface area contributed by atoms with E-state index in [4.69, 9.17) is 0 Å². The molecule has 11 rings (SSSR count). The summed E-state index contributed by atoms with van der Waals surface area (Å²) in [7, 11) is 22.4. The first-order valence-electron chi connectivity index (χ1n) is 42.6. The van der Waals surface area contributed by atoms with Gasteiger partial charge in [-0.2, -0.15) is 0 Å². The van der Waals surface area contributed by atoms with E-state index in [9.17, 15) is 76.7 Å². The number of imidazole rings is 2. The first kappa shape index (κ1) is 95.7. The molecule has 0 saturated heterocycles. The van der Waals surface area contributed by atoms with Crippen molar-refractivity contribution in [3.63, 3.8) is 0 Å². The molecular formula is C92H111N22O16+. The van der Waals surface area contributed by atoms with Crippen molar-refractivity contribution in [1.29, 1.82) is 0 Å². The van der Waals surface area contributed by atoms with Gasteiger partial charge in [-0.25, -0.2) is 9.97 Å². The Morgan fingerprint density at radius 3 is 0.954 bits per heavy atom. The number of amides is 8. The Bertz CT molecular complexity index is 6230. The highest BCUT2D eigenvalue weighted by Crippen LogP contribution is 2.26. The molecule has 0 aliphatic carbocycles. The van der Waals surface area contributed by atoms with Gasteiger partial charge in [-0.1, -0.05) is 0 Å². The summed E-state index contributed by atoms with van der Waals surface area (Å²) < 4.78 is 17.2. The maximum atomic E-state index is 13.8. The lowest BCUT2D eigenvalue weighted by Gasteiger charge is -2.06. The molecule has 38 nitrogen and oxygen atoms in total. The van der Waals surface area contributed by atoms with E-state index in [1.165, 1.54) is 94.5 Å². The summed E-state index contributed by atoms with van der Waals surface area (Å²) in [5, 5.41) is 21.6. The molecule has 8 amide bonds. The first-order valence-corrected chi connectivity index (χ1v) is 42.6. The van der Waals surface area contributed by atoms with Gasteiger partial charge in [0.15, 0.2) is 40.6 Å². The zero-order chi connectivity index (χ0) is 94.2. The number of rotatable bonds is 47. The topological polar surface area (TPSA) is 454 Å². The summed E-state index contributed by atoms with van der Waals surface area (Å²) in [6.45, 7) is 2.39. The molecule has 0 aromatic carbocycles. The summed E-state index contributed by atoms with van der Waals surface area (Å²) in [5.41, 5.74) is 7.08. The van der Waals surface area contributed by atoms with E-state index in [-0.39, 0.29) is 187 Å². The lowest BCUT2D eigenvalue weighted by molar-refractivity contribution is -0.858. The number of nitrogens with zero attached hydrogens (tertiary/aromatic N) is 13. The van der Waals surface area contributed by atoms with Gasteiger partial charge in [0.1, 0.15) is 40.1 Å². The fraction of sp³-hybridized carbons (Fsp3) is 0.370. The Labute approximate surface area is 749 Å². The number of nitrogens with one attached hydrogen (secondary N) is 9. The second-order valence-corrected chi connectivity index (χ2v) is 33.4. The van der Waals surface area contributed by atoms with E-state index in [2.05, 4.69) is 66.6 Å². The number of hydrogen-bond donors (Lipinski definition) is 9. The number of carbonyl (C=O) groups excluding carboxylic acids is 16. The quantitative estimate of drug-likeness (QED) is 0.0138. The second-order valence-electron chi connectivity index (χ2n) is 33.4. The van der Waals surface area contributed by atoms with Crippen LogP contribution >= 0.6 is 0 Å². The van der Waals surface area contributed by atoms with Gasteiger partial charge in [-0.3, -0.25) is 76.7 Å². The van der Waals surface area contributed by atoms with Gasteiger partial charge in [0, 0.05) is 243 Å². The fourth-order valence-corrected chi connectivity index (χ4v) is 15.6. The van der Waals surface area contributed by atoms with Crippen molar-refractivity contribution in [2.75, 3.05) is 65.6 Å². The number of carbonyl (C=O) groups is 16. The van der Waals surface area contributed by atoms with E-state index in [1.54, 1.807) is 168 Å². The SMILES string of the molecule is CC(=O)Nc1cn(C)c(C(=O)Nc2cc(C(=O)Nc3cc(C(=O)NCCC(=O)Nc4cn(C)c(C(=O)Nc5cc(C(=O)Nc6cc(C(=O)NCCCC(=O)Cc7cc(C(=O)Cc8cc(C(=O)Cc9cc(C(=O)CCCC(=O)Cc%10cc(C(=O)Cc%11cc(C(=O)CCCC(=O)CCCC[NH+](C)C)n(C)c%11)n(C)c%10)n(C)c9)n(C)c8)n(C)c7)n(C)c6)n(C)c5)n4)n(C)c3)n(C)c2)n1. The van der Waals surface area contributed by atoms with Crippen LogP contribution in [-0.2, 0) is 134 Å². The average Bonchev–Trinajstić information content (AvgIpc) is 1.69. The number of quaternary nitrogens is 1. The molecule has 0 saturated carbocycles. The van der Waals surface area contributed by atoms with Gasteiger partial charge >= 0.3 is 0 Å². The molecule has 0 aliphatic heterocycles. The third-order valence-electron chi connectivity index (χ3n) is 22.0. The molecule has 38 heteroatoms. The Morgan fingerprint density at radius 2 is 0.585 bits per heavy atom. The van der Waals surface area contributed by atoms with E-state index < -0.39 is 41.4 Å². The molecule has 0 aliphatic rings. The smallest absolute Gasteiger partial charge is 0.291 e. The van der Waals surface area contributed by atoms with E-state index in [0.29, 0.717) is 99.8 Å². The molecule has 11 aromatic rings. The number of ketones is 8. The molecule has 11 heterocycles. The van der Waals surface area contributed by atoms with Gasteiger partial charge in [-0.05, 0) is 115 Å². The summed E-state index contributed by atoms with van der Waals surface area (Å²) in [6.07, 6.45) is 22.1. The van der Waals surface area contributed by atoms with Crippen LogP contribution in [0.15, 0.2) is 123 Å². The van der Waals surface area contributed by atoms with Crippen molar-refractivity contribution >= 4 is 128 Å². The Hall–Kier alpha value is -15.0. The van der Waals surface area contributed by atoms with E-state index in [0.717, 1.165) is 19.4 Å². The van der Waals surface area contributed by atoms with Gasteiger partial charge < -0.3 is 97.7 Å². The van der Waals surface area contributed by atoms with Gasteiger partial charge in [0.25, 0.3) is 35.4 Å². The van der Waals surface area contributed by atoms with Crippen LogP contribution in [0.2, 0.25) is 0 Å². The predicted molar refractivity (Wildman–Crippen MR) is 483 cm³/mol. The minimum absolute atomic E-state index is 0.0165. The van der Waals surface area contributed by atoms with Crippen LogP contribution in [0.1, 0.15) is 227 Å². The third-order valence-corrected chi connectivity index (χ3v) is 22.0. The minimum Gasteiger partial charge on any atom is -0.351 e. The molecule has 0 spiro atoms. The zero-order valence-electron chi connectivity index (χ0n) is 75.5. The monoisotopic (exact) mass is 1780 g/mol. The molecule has 11 aromatic heterocycles. The third kappa shape index (κ3) is 25.2. The fourth-order valence-electron chi connectivity index (χ4n) is 15.6. The van der Waals surface area contributed by atoms with Gasteiger partial charge in [-0.15, -0.1) is 0 Å². The van der Waals surface area contributed by atoms with Crippen molar-refractivity contribution in [3.8, 4) is 0 Å². The first-order chi connectivity index (χ1) is 61.7. The summed E-state index contributed by atoms with van der Waals surface area (Å²) in [4.78, 5) is 221. The van der Waals surface area contributed by atoms with Gasteiger partial charge in [0.2, 0.25) is 23.5 Å². The highest BCUT2D eigenvalue weighted by molar-refractivity contribution is 6.09. The number of aromatic nitrogens is 13. The maximum absolute atomic E-state index is 13.8. The molecule has 9 N–H and O–H groups in total. The van der Waals surface area contributed by atoms with Crippen molar-refractivity contribution in [2.45, 2.75) is 116 Å². The van der Waals surface area contributed by atoms with Crippen LogP contribution < -0.4 is 47.4 Å². The summed E-state index contributed by atoms with van der Waals surface area (Å²) >= 11 is 0. The number of Topliss-reactive ketones (excluding diaryl/α,β-unsaturated/α-hetero) is 8. The Balaban J connectivity index is 0.554. The van der Waals surface area contributed by atoms with Crippen LogP contribution in [0.3, 0.4) is 0 Å². The van der Waals surface area contributed by atoms with Crippen LogP contribution in [0, 0.1) is 0 Å². The number of hydrogen-bond acceptors (Lipinski definition) is 18. The maximum Gasteiger partial charge on any atom is 0.291 e. The number of anilines is 6. The van der Waals surface area contributed by atoms with E-state index >= 15 is 0 Å². The molecule has 0 bridgehead atoms. The molecule has 0 unspecified atom stereocenters. The Morgan fingerprint density at radius 1 is 0.277 bits per heavy atom. The van der Waals surface area contributed by atoms with Crippen molar-refractivity contribution in [2.24, 2.45) is 77.5 Å². The average molecular weight is 1780 g/mol. The van der Waals surface area contributed by atoms with Crippen LogP contribution in [-0.4, -0.2) is 187 Å². The largest absolute Gasteiger partial charge is 0.351 e. The van der Waals surface area contributed by atoms with Crippen molar-refractivity contribution in [1.82, 2.24) is 70.8 Å². The standard InChI is InChI=1S/C92H110N22O16/c1-55(115)95-82-53-113(13)85(101-82)91(129)98-63-42-75(111(11)51-63)90(128)97-62-41-74(110(10)50-62)88(126)94-28-26-84(124)100-83-54-114(14)86(102-83)92(130)99-64-43-76(112(12)52-64)89(127)96-61-40-73(109(9)49-61)87(125)93-27-19-23-67(118)31-57-33-71(107(7)45-57)80(122)39-60-36-72(108(8)48-60)81(123)38-59-35-69(105(5)47-59)78(120)25-18-22-66(117)30-56-32-70(106(6)44-56)79(121)37-58-34-68(104(4)46-58)77(119)24-17-21-65(116)20-15-16-29-103(2)3/h32-36,40-54H,15-31,37-39H2,1-14H3,(H,93,125)(H,94,126)(H,95,115)(H,96,127)(H,97,128)(H,98,129)(H,99,130)(H,100,124)/p+1. The highest BCUT2D eigenvalue weighted by atomic mass is 16.2. The molecule has 0 radical (unpaired) electrons. The van der Waals surface area contributed by atoms with Crippen molar-refractivity contribution in [3.05, 3.63) is 213 Å². The zero-order valence-corrected chi connectivity index (χ0v) is 75.5. The van der Waals surface area contributed by atoms with Gasteiger partial charge in [0.05, 0.1) is 71.9 Å².